The number of alkyl halides is 1. The predicted molar refractivity (Wildman–Crippen MR) is 81.7 cm³/mol. The lowest BCUT2D eigenvalue weighted by atomic mass is 9.88. The maximum atomic E-state index is 12.4. The third-order valence-electron chi connectivity index (χ3n) is 3.52. The number of benzene rings is 1. The molecule has 0 saturated heterocycles. The second kappa shape index (κ2) is 5.01. The molecule has 2 rings (SSSR count). The average molecular weight is 278 g/mol. The molecule has 0 N–H and O–H groups in total. The standard InChI is InChI=1S/C16H20ClNO/c1-11-5-6-13-12(2)10-16(3,4)18(14(13)9-11)15(19)7-8-17/h5-6,9-10H,7-8H2,1-4H3. The molecule has 3 heteroatoms. The number of rotatable bonds is 2. The van der Waals surface area contributed by atoms with Gasteiger partial charge in [-0.25, -0.2) is 0 Å². The van der Waals surface area contributed by atoms with Crippen molar-refractivity contribution >= 4 is 28.8 Å². The van der Waals surface area contributed by atoms with Crippen LogP contribution < -0.4 is 4.90 Å². The summed E-state index contributed by atoms with van der Waals surface area (Å²) >= 11 is 5.73. The number of fused-ring (bicyclic) bond motifs is 1. The van der Waals surface area contributed by atoms with Gasteiger partial charge in [0.2, 0.25) is 5.91 Å². The maximum absolute atomic E-state index is 12.4. The topological polar surface area (TPSA) is 20.3 Å². The molecule has 0 saturated carbocycles. The molecule has 1 aromatic rings. The van der Waals surface area contributed by atoms with Crippen LogP contribution in [-0.2, 0) is 4.79 Å². The number of carbonyl (C=O) groups excluding carboxylic acids is 1. The van der Waals surface area contributed by atoms with Crippen molar-refractivity contribution in [2.24, 2.45) is 0 Å². The van der Waals surface area contributed by atoms with E-state index in [0.717, 1.165) is 16.8 Å². The Morgan fingerprint density at radius 3 is 2.63 bits per heavy atom. The Kier molecular flexibility index (Phi) is 3.73. The number of anilines is 1. The van der Waals surface area contributed by atoms with Crippen molar-refractivity contribution in [1.29, 1.82) is 0 Å². The summed E-state index contributed by atoms with van der Waals surface area (Å²) in [6.07, 6.45) is 2.52. The van der Waals surface area contributed by atoms with Gasteiger partial charge in [-0.3, -0.25) is 4.79 Å². The van der Waals surface area contributed by atoms with Gasteiger partial charge in [0, 0.05) is 17.9 Å². The molecular formula is C16H20ClNO. The average Bonchev–Trinajstić information content (AvgIpc) is 2.27. The number of halogens is 1. The van der Waals surface area contributed by atoms with Gasteiger partial charge in [-0.1, -0.05) is 18.2 Å². The minimum atomic E-state index is -0.311. The molecular weight excluding hydrogens is 258 g/mol. The normalized spacial score (nSPS) is 16.9. The van der Waals surface area contributed by atoms with Crippen molar-refractivity contribution in [1.82, 2.24) is 0 Å². The Hall–Kier alpha value is -1.28. The van der Waals surface area contributed by atoms with Crippen LogP contribution in [0.5, 0.6) is 0 Å². The van der Waals surface area contributed by atoms with Crippen molar-refractivity contribution in [3.8, 4) is 0 Å². The molecule has 1 amide bonds. The monoisotopic (exact) mass is 277 g/mol. The van der Waals surface area contributed by atoms with E-state index in [-0.39, 0.29) is 11.4 Å². The van der Waals surface area contributed by atoms with Gasteiger partial charge in [0.1, 0.15) is 0 Å². The highest BCUT2D eigenvalue weighted by atomic mass is 35.5. The van der Waals surface area contributed by atoms with Crippen molar-refractivity contribution in [3.05, 3.63) is 35.4 Å². The molecule has 2 nitrogen and oxygen atoms in total. The van der Waals surface area contributed by atoms with Crippen LogP contribution in [0.4, 0.5) is 5.69 Å². The second-order valence-electron chi connectivity index (χ2n) is 5.67. The molecule has 0 spiro atoms. The van der Waals surface area contributed by atoms with Crippen LogP contribution in [0.2, 0.25) is 0 Å². The molecule has 0 aliphatic carbocycles. The van der Waals surface area contributed by atoms with Gasteiger partial charge >= 0.3 is 0 Å². The van der Waals surface area contributed by atoms with Crippen LogP contribution in [0.25, 0.3) is 5.57 Å². The van der Waals surface area contributed by atoms with Gasteiger partial charge in [-0.2, -0.15) is 0 Å². The summed E-state index contributed by atoms with van der Waals surface area (Å²) < 4.78 is 0. The zero-order chi connectivity index (χ0) is 14.2. The lowest BCUT2D eigenvalue weighted by Gasteiger charge is -2.41. The number of carbonyl (C=O) groups is 1. The Labute approximate surface area is 120 Å². The Balaban J connectivity index is 2.59. The van der Waals surface area contributed by atoms with Crippen LogP contribution in [-0.4, -0.2) is 17.3 Å². The largest absolute Gasteiger partial charge is 0.303 e. The molecule has 1 aromatic carbocycles. The number of hydrogen-bond donors (Lipinski definition) is 0. The predicted octanol–water partition coefficient (Wildman–Crippen LogP) is 4.15. The summed E-state index contributed by atoms with van der Waals surface area (Å²) in [5.74, 6) is 0.436. The van der Waals surface area contributed by atoms with Gasteiger partial charge in [0.15, 0.2) is 0 Å². The first-order chi connectivity index (χ1) is 8.86. The fraction of sp³-hybridized carbons (Fsp3) is 0.438. The van der Waals surface area contributed by atoms with E-state index in [2.05, 4.69) is 45.0 Å². The van der Waals surface area contributed by atoms with E-state index in [4.69, 9.17) is 11.6 Å². The number of nitrogens with zero attached hydrogens (tertiary/aromatic N) is 1. The highest BCUT2D eigenvalue weighted by molar-refractivity contribution is 6.19. The lowest BCUT2D eigenvalue weighted by Crippen LogP contribution is -2.49. The molecule has 0 aromatic heterocycles. The number of aryl methyl sites for hydroxylation is 1. The minimum Gasteiger partial charge on any atom is -0.303 e. The van der Waals surface area contributed by atoms with Crippen LogP contribution in [0.15, 0.2) is 24.3 Å². The molecule has 102 valence electrons. The van der Waals surface area contributed by atoms with Gasteiger partial charge < -0.3 is 4.90 Å². The third-order valence-corrected chi connectivity index (χ3v) is 3.71. The van der Waals surface area contributed by atoms with Crippen molar-refractivity contribution in [3.63, 3.8) is 0 Å². The zero-order valence-electron chi connectivity index (χ0n) is 12.0. The first-order valence-corrected chi connectivity index (χ1v) is 7.10. The number of amides is 1. The lowest BCUT2D eigenvalue weighted by molar-refractivity contribution is -0.119. The van der Waals surface area contributed by atoms with E-state index >= 15 is 0 Å². The molecule has 0 atom stereocenters. The van der Waals surface area contributed by atoms with Gasteiger partial charge in [-0.05, 0) is 44.9 Å². The van der Waals surface area contributed by atoms with E-state index in [1.54, 1.807) is 0 Å². The van der Waals surface area contributed by atoms with Gasteiger partial charge in [0.25, 0.3) is 0 Å². The zero-order valence-corrected chi connectivity index (χ0v) is 12.7. The van der Waals surface area contributed by atoms with Crippen molar-refractivity contribution < 1.29 is 4.79 Å². The Bertz CT molecular complexity index is 546. The fourth-order valence-corrected chi connectivity index (χ4v) is 2.95. The fourth-order valence-electron chi connectivity index (χ4n) is 2.79. The minimum absolute atomic E-state index is 0.0793. The number of hydrogen-bond acceptors (Lipinski definition) is 1. The molecule has 19 heavy (non-hydrogen) atoms. The van der Waals surface area contributed by atoms with E-state index < -0.39 is 0 Å². The summed E-state index contributed by atoms with van der Waals surface area (Å²) in [6, 6.07) is 6.26. The van der Waals surface area contributed by atoms with Crippen LogP contribution in [0.3, 0.4) is 0 Å². The molecule has 0 radical (unpaired) electrons. The Morgan fingerprint density at radius 1 is 1.32 bits per heavy atom. The summed E-state index contributed by atoms with van der Waals surface area (Å²) in [5.41, 5.74) is 4.20. The van der Waals surface area contributed by atoms with Crippen LogP contribution in [0, 0.1) is 6.92 Å². The van der Waals surface area contributed by atoms with E-state index in [0.29, 0.717) is 12.3 Å². The second-order valence-corrected chi connectivity index (χ2v) is 6.05. The third kappa shape index (κ3) is 2.55. The first kappa shape index (κ1) is 14.1. The van der Waals surface area contributed by atoms with E-state index in [1.807, 2.05) is 11.8 Å². The summed E-state index contributed by atoms with van der Waals surface area (Å²) in [6.45, 7) is 8.27. The first-order valence-electron chi connectivity index (χ1n) is 6.56. The summed E-state index contributed by atoms with van der Waals surface area (Å²) in [5, 5.41) is 0. The molecule has 0 bridgehead atoms. The van der Waals surface area contributed by atoms with Gasteiger partial charge in [-0.15, -0.1) is 11.6 Å². The summed E-state index contributed by atoms with van der Waals surface area (Å²) in [4.78, 5) is 14.3. The molecule has 1 aliphatic heterocycles. The molecule has 1 aliphatic rings. The van der Waals surface area contributed by atoms with E-state index in [1.165, 1.54) is 5.57 Å². The highest BCUT2D eigenvalue weighted by Crippen LogP contribution is 2.39. The smallest absolute Gasteiger partial charge is 0.228 e. The van der Waals surface area contributed by atoms with Crippen molar-refractivity contribution in [2.75, 3.05) is 10.8 Å². The molecule has 0 unspecified atom stereocenters. The van der Waals surface area contributed by atoms with Crippen LogP contribution in [0.1, 0.15) is 38.3 Å². The highest BCUT2D eigenvalue weighted by Gasteiger charge is 2.35. The molecule has 0 fully saturated rings. The number of allylic oxidation sites excluding steroid dienone is 1. The van der Waals surface area contributed by atoms with Crippen molar-refractivity contribution in [2.45, 2.75) is 39.7 Å². The maximum Gasteiger partial charge on any atom is 0.228 e. The Morgan fingerprint density at radius 2 is 2.00 bits per heavy atom. The van der Waals surface area contributed by atoms with Crippen LogP contribution >= 0.6 is 11.6 Å². The summed E-state index contributed by atoms with van der Waals surface area (Å²) in [7, 11) is 0. The van der Waals surface area contributed by atoms with Gasteiger partial charge in [0.05, 0.1) is 11.2 Å². The SMILES string of the molecule is CC1=CC(C)(C)N(C(=O)CCCl)c2cc(C)ccc21. The quantitative estimate of drug-likeness (QED) is 0.744. The van der Waals surface area contributed by atoms with E-state index in [9.17, 15) is 4.79 Å². The molecule has 1 heterocycles.